The van der Waals surface area contributed by atoms with E-state index in [1.54, 1.807) is 24.4 Å². The lowest BCUT2D eigenvalue weighted by Gasteiger charge is -2.27. The fraction of sp³-hybridized carbons (Fsp3) is 0.235. The molecule has 1 fully saturated rings. The molecule has 0 bridgehead atoms. The normalized spacial score (nSPS) is 14.2. The Morgan fingerprint density at radius 1 is 1.20 bits per heavy atom. The molecule has 2 aromatic rings. The van der Waals surface area contributed by atoms with Crippen molar-refractivity contribution < 1.29 is 19.4 Å². The predicted molar refractivity (Wildman–Crippen MR) is 93.6 cm³/mol. The van der Waals surface area contributed by atoms with Gasteiger partial charge in [-0.1, -0.05) is 11.6 Å². The third kappa shape index (κ3) is 4.07. The maximum absolute atomic E-state index is 12.5. The molecule has 0 spiro atoms. The van der Waals surface area contributed by atoms with E-state index >= 15 is 0 Å². The van der Waals surface area contributed by atoms with Gasteiger partial charge in [0.15, 0.2) is 0 Å². The van der Waals surface area contributed by atoms with Crippen LogP contribution in [0.2, 0.25) is 5.02 Å². The number of morpholine rings is 1. The van der Waals surface area contributed by atoms with Crippen molar-refractivity contribution >= 4 is 35.0 Å². The number of carboxylic acid groups (broad SMARTS) is 1. The third-order valence-corrected chi connectivity index (χ3v) is 4.13. The molecule has 7 nitrogen and oxygen atoms in total. The number of aromatic nitrogens is 1. The Kier molecular flexibility index (Phi) is 5.16. The molecule has 1 aliphatic rings. The molecule has 0 saturated carbocycles. The van der Waals surface area contributed by atoms with Gasteiger partial charge in [-0.05, 0) is 30.3 Å². The first kappa shape index (κ1) is 17.2. The van der Waals surface area contributed by atoms with Crippen molar-refractivity contribution in [2.45, 2.75) is 0 Å². The summed E-state index contributed by atoms with van der Waals surface area (Å²) >= 11 is 5.83. The SMILES string of the molecule is O=C(Nc1ccc(Cl)c(C(=O)O)c1)c1ccnc(N2CCOCC2)c1. The number of hydrogen-bond donors (Lipinski definition) is 2. The van der Waals surface area contributed by atoms with Crippen LogP contribution in [-0.2, 0) is 4.74 Å². The molecule has 0 atom stereocenters. The summed E-state index contributed by atoms with van der Waals surface area (Å²) in [6.45, 7) is 2.69. The molecule has 0 unspecified atom stereocenters. The molecule has 1 amide bonds. The highest BCUT2D eigenvalue weighted by atomic mass is 35.5. The lowest BCUT2D eigenvalue weighted by atomic mass is 10.2. The van der Waals surface area contributed by atoms with Gasteiger partial charge in [-0.3, -0.25) is 4.79 Å². The van der Waals surface area contributed by atoms with Gasteiger partial charge in [-0.15, -0.1) is 0 Å². The highest BCUT2D eigenvalue weighted by Crippen LogP contribution is 2.21. The second kappa shape index (κ2) is 7.50. The first-order valence-corrected chi connectivity index (χ1v) is 8.05. The summed E-state index contributed by atoms with van der Waals surface area (Å²) in [5.41, 5.74) is 0.725. The minimum Gasteiger partial charge on any atom is -0.478 e. The summed E-state index contributed by atoms with van der Waals surface area (Å²) in [6, 6.07) is 7.62. The first-order chi connectivity index (χ1) is 12.0. The zero-order chi connectivity index (χ0) is 17.8. The van der Waals surface area contributed by atoms with Crippen LogP contribution in [0.4, 0.5) is 11.5 Å². The topological polar surface area (TPSA) is 91.8 Å². The van der Waals surface area contributed by atoms with Crippen molar-refractivity contribution in [3.05, 3.63) is 52.7 Å². The van der Waals surface area contributed by atoms with Gasteiger partial charge in [-0.2, -0.15) is 0 Å². The summed E-state index contributed by atoms with van der Waals surface area (Å²) in [7, 11) is 0. The predicted octanol–water partition coefficient (Wildman–Crippen LogP) is 2.52. The molecule has 25 heavy (non-hydrogen) atoms. The van der Waals surface area contributed by atoms with Crippen LogP contribution in [0.25, 0.3) is 0 Å². The van der Waals surface area contributed by atoms with E-state index < -0.39 is 5.97 Å². The van der Waals surface area contributed by atoms with Gasteiger partial charge < -0.3 is 20.1 Å². The molecule has 1 aromatic heterocycles. The summed E-state index contributed by atoms with van der Waals surface area (Å²) in [5.74, 6) is -0.798. The summed E-state index contributed by atoms with van der Waals surface area (Å²) in [6.07, 6.45) is 1.57. The lowest BCUT2D eigenvalue weighted by molar-refractivity contribution is 0.0696. The number of nitrogens with zero attached hydrogens (tertiary/aromatic N) is 2. The number of carbonyl (C=O) groups is 2. The Labute approximate surface area is 149 Å². The summed E-state index contributed by atoms with van der Waals surface area (Å²) < 4.78 is 5.31. The van der Waals surface area contributed by atoms with Crippen LogP contribution in [-0.4, -0.2) is 48.3 Å². The van der Waals surface area contributed by atoms with Crippen molar-refractivity contribution in [2.24, 2.45) is 0 Å². The van der Waals surface area contributed by atoms with Crippen LogP contribution in [0.15, 0.2) is 36.5 Å². The van der Waals surface area contributed by atoms with Crippen molar-refractivity contribution in [1.29, 1.82) is 0 Å². The zero-order valence-electron chi connectivity index (χ0n) is 13.2. The Bertz CT molecular complexity index is 806. The Morgan fingerprint density at radius 2 is 1.96 bits per heavy atom. The fourth-order valence-electron chi connectivity index (χ4n) is 2.50. The molecule has 2 N–H and O–H groups in total. The van der Waals surface area contributed by atoms with Crippen LogP contribution in [0.5, 0.6) is 0 Å². The number of carbonyl (C=O) groups excluding carboxylic acids is 1. The highest BCUT2D eigenvalue weighted by Gasteiger charge is 2.16. The second-order valence-corrected chi connectivity index (χ2v) is 5.86. The minimum atomic E-state index is -1.15. The smallest absolute Gasteiger partial charge is 0.337 e. The van der Waals surface area contributed by atoms with Gasteiger partial charge in [0.25, 0.3) is 5.91 Å². The van der Waals surface area contributed by atoms with Gasteiger partial charge >= 0.3 is 5.97 Å². The molecule has 1 saturated heterocycles. The van der Waals surface area contributed by atoms with Crippen molar-refractivity contribution in [3.63, 3.8) is 0 Å². The number of rotatable bonds is 4. The quantitative estimate of drug-likeness (QED) is 0.869. The number of pyridine rings is 1. The number of benzene rings is 1. The van der Waals surface area contributed by atoms with Crippen molar-refractivity contribution in [1.82, 2.24) is 4.98 Å². The number of anilines is 2. The van der Waals surface area contributed by atoms with E-state index in [9.17, 15) is 9.59 Å². The van der Waals surface area contributed by atoms with Gasteiger partial charge in [-0.25, -0.2) is 9.78 Å². The third-order valence-electron chi connectivity index (χ3n) is 3.80. The Balaban J connectivity index is 1.77. The van der Waals surface area contributed by atoms with E-state index in [4.69, 9.17) is 21.4 Å². The average Bonchev–Trinajstić information content (AvgIpc) is 2.64. The number of carboxylic acids is 1. The second-order valence-electron chi connectivity index (χ2n) is 5.46. The molecular weight excluding hydrogens is 346 g/mol. The van der Waals surface area contributed by atoms with Gasteiger partial charge in [0.1, 0.15) is 5.82 Å². The summed E-state index contributed by atoms with van der Waals surface area (Å²) in [5, 5.41) is 11.9. The average molecular weight is 362 g/mol. The zero-order valence-corrected chi connectivity index (χ0v) is 14.0. The van der Waals surface area contributed by atoms with Crippen LogP contribution in [0.3, 0.4) is 0 Å². The van der Waals surface area contributed by atoms with Gasteiger partial charge in [0, 0.05) is 30.5 Å². The standard InChI is InChI=1S/C17H16ClN3O4/c18-14-2-1-12(10-13(14)17(23)24)20-16(22)11-3-4-19-15(9-11)21-5-7-25-8-6-21/h1-4,9-10H,5-8H2,(H,20,22)(H,23,24). The van der Waals surface area contributed by atoms with Gasteiger partial charge in [0.05, 0.1) is 23.8 Å². The molecule has 130 valence electrons. The maximum Gasteiger partial charge on any atom is 0.337 e. The number of ether oxygens (including phenoxy) is 1. The van der Waals surface area contributed by atoms with E-state index in [-0.39, 0.29) is 16.5 Å². The minimum absolute atomic E-state index is 0.0665. The monoisotopic (exact) mass is 361 g/mol. The molecule has 8 heteroatoms. The molecule has 0 radical (unpaired) electrons. The molecule has 1 aliphatic heterocycles. The lowest BCUT2D eigenvalue weighted by Crippen LogP contribution is -2.36. The van der Waals surface area contributed by atoms with E-state index in [0.29, 0.717) is 30.3 Å². The van der Waals surface area contributed by atoms with E-state index in [1.165, 1.54) is 12.1 Å². The highest BCUT2D eigenvalue weighted by molar-refractivity contribution is 6.33. The van der Waals surface area contributed by atoms with E-state index in [2.05, 4.69) is 10.3 Å². The van der Waals surface area contributed by atoms with Crippen molar-refractivity contribution in [3.8, 4) is 0 Å². The molecule has 0 aliphatic carbocycles. The molecule has 1 aromatic carbocycles. The maximum atomic E-state index is 12.5. The summed E-state index contributed by atoms with van der Waals surface area (Å²) in [4.78, 5) is 29.9. The van der Waals surface area contributed by atoms with Gasteiger partial charge in [0.2, 0.25) is 0 Å². The van der Waals surface area contributed by atoms with Crippen LogP contribution < -0.4 is 10.2 Å². The van der Waals surface area contributed by atoms with Crippen molar-refractivity contribution in [2.75, 3.05) is 36.5 Å². The molecular formula is C17H16ClN3O4. The number of halogens is 1. The van der Waals surface area contributed by atoms with Crippen LogP contribution >= 0.6 is 11.6 Å². The Morgan fingerprint density at radius 3 is 2.68 bits per heavy atom. The van der Waals surface area contributed by atoms with Crippen LogP contribution in [0.1, 0.15) is 20.7 Å². The fourth-order valence-corrected chi connectivity index (χ4v) is 2.69. The van der Waals surface area contributed by atoms with E-state index in [0.717, 1.165) is 13.1 Å². The first-order valence-electron chi connectivity index (χ1n) is 7.67. The molecule has 2 heterocycles. The number of aromatic carboxylic acids is 1. The Hall–Kier alpha value is -2.64. The van der Waals surface area contributed by atoms with E-state index in [1.807, 2.05) is 4.90 Å². The number of hydrogen-bond acceptors (Lipinski definition) is 5. The largest absolute Gasteiger partial charge is 0.478 e. The number of nitrogens with one attached hydrogen (secondary N) is 1. The van der Waals surface area contributed by atoms with Crippen LogP contribution in [0, 0.1) is 0 Å². The number of amides is 1. The molecule has 3 rings (SSSR count).